The Balaban J connectivity index is 1.47. The molecular formula is C21H25N2O2+. The van der Waals surface area contributed by atoms with Crippen LogP contribution in [0.5, 0.6) is 5.75 Å². The Morgan fingerprint density at radius 3 is 2.72 bits per heavy atom. The molecule has 4 heteroatoms. The summed E-state index contributed by atoms with van der Waals surface area (Å²) >= 11 is 0. The van der Waals surface area contributed by atoms with Gasteiger partial charge in [-0.2, -0.15) is 0 Å². The van der Waals surface area contributed by atoms with Gasteiger partial charge in [0.15, 0.2) is 6.54 Å². The molecule has 1 unspecified atom stereocenters. The van der Waals surface area contributed by atoms with Crippen LogP contribution in [0.3, 0.4) is 0 Å². The predicted octanol–water partition coefficient (Wildman–Crippen LogP) is 1.68. The van der Waals surface area contributed by atoms with Crippen LogP contribution in [-0.4, -0.2) is 32.7 Å². The topological polar surface area (TPSA) is 42.8 Å². The lowest BCUT2D eigenvalue weighted by Gasteiger charge is -2.23. The Hall–Kier alpha value is -2.59. The van der Waals surface area contributed by atoms with Crippen LogP contribution < -0.4 is 15.0 Å². The maximum absolute atomic E-state index is 12.2. The summed E-state index contributed by atoms with van der Waals surface area (Å²) in [4.78, 5) is 13.5. The van der Waals surface area contributed by atoms with E-state index in [1.54, 1.807) is 7.11 Å². The molecule has 1 amide bonds. The van der Waals surface area contributed by atoms with Crippen molar-refractivity contribution in [2.45, 2.75) is 13.0 Å². The number of hydrogen-bond donors (Lipinski definition) is 2. The molecule has 1 aliphatic rings. The summed E-state index contributed by atoms with van der Waals surface area (Å²) in [6, 6.07) is 18.3. The lowest BCUT2D eigenvalue weighted by atomic mass is 10.00. The average molecular weight is 337 g/mol. The van der Waals surface area contributed by atoms with Crippen molar-refractivity contribution < 1.29 is 14.4 Å². The third-order valence-corrected chi connectivity index (χ3v) is 4.56. The van der Waals surface area contributed by atoms with E-state index in [9.17, 15) is 4.79 Å². The molecule has 0 saturated carbocycles. The van der Waals surface area contributed by atoms with Gasteiger partial charge in [-0.15, -0.1) is 0 Å². The summed E-state index contributed by atoms with van der Waals surface area (Å²) in [5.41, 5.74) is 3.73. The van der Waals surface area contributed by atoms with E-state index >= 15 is 0 Å². The average Bonchev–Trinajstić information content (AvgIpc) is 2.68. The minimum Gasteiger partial charge on any atom is -0.497 e. The highest BCUT2D eigenvalue weighted by molar-refractivity contribution is 5.77. The molecule has 1 atom stereocenters. The van der Waals surface area contributed by atoms with Crippen LogP contribution in [0.2, 0.25) is 0 Å². The Kier molecular flexibility index (Phi) is 5.86. The third-order valence-electron chi connectivity index (χ3n) is 4.56. The van der Waals surface area contributed by atoms with Crippen LogP contribution in [0.4, 0.5) is 0 Å². The zero-order valence-corrected chi connectivity index (χ0v) is 14.6. The van der Waals surface area contributed by atoms with Gasteiger partial charge < -0.3 is 15.0 Å². The number of carbonyl (C=O) groups excluding carboxylic acids is 1. The van der Waals surface area contributed by atoms with Gasteiger partial charge >= 0.3 is 0 Å². The van der Waals surface area contributed by atoms with E-state index in [0.717, 1.165) is 30.8 Å². The second-order valence-electron chi connectivity index (χ2n) is 6.35. The fraction of sp³-hybridized carbons (Fsp3) is 0.286. The Labute approximate surface area is 149 Å². The zero-order valence-electron chi connectivity index (χ0n) is 14.6. The van der Waals surface area contributed by atoms with Crippen molar-refractivity contribution in [1.82, 2.24) is 5.32 Å². The number of rotatable bonds is 6. The van der Waals surface area contributed by atoms with E-state index in [4.69, 9.17) is 4.74 Å². The summed E-state index contributed by atoms with van der Waals surface area (Å²) in [6.07, 6.45) is 3.28. The van der Waals surface area contributed by atoms with Crippen LogP contribution in [0.25, 0.3) is 5.57 Å². The van der Waals surface area contributed by atoms with Crippen molar-refractivity contribution in [3.05, 3.63) is 71.8 Å². The SMILES string of the molecule is COc1cccc(CNC(=O)C[NH+]2CC=C(c3ccccc3)CC2)c1. The molecule has 1 aliphatic heterocycles. The molecule has 0 saturated heterocycles. The molecule has 130 valence electrons. The van der Waals surface area contributed by atoms with E-state index in [2.05, 4.69) is 35.7 Å². The van der Waals surface area contributed by atoms with Crippen molar-refractivity contribution in [1.29, 1.82) is 0 Å². The summed E-state index contributed by atoms with van der Waals surface area (Å²) in [7, 11) is 1.65. The molecule has 25 heavy (non-hydrogen) atoms. The van der Waals surface area contributed by atoms with Crippen LogP contribution in [0, 0.1) is 0 Å². The molecule has 0 aliphatic carbocycles. The van der Waals surface area contributed by atoms with E-state index in [-0.39, 0.29) is 5.91 Å². The van der Waals surface area contributed by atoms with E-state index in [1.807, 2.05) is 30.3 Å². The van der Waals surface area contributed by atoms with Gasteiger partial charge in [0, 0.05) is 13.0 Å². The Morgan fingerprint density at radius 1 is 1.16 bits per heavy atom. The lowest BCUT2D eigenvalue weighted by Crippen LogP contribution is -3.13. The fourth-order valence-electron chi connectivity index (χ4n) is 3.13. The molecule has 0 aromatic heterocycles. The highest BCUT2D eigenvalue weighted by Crippen LogP contribution is 2.17. The molecule has 0 bridgehead atoms. The number of ether oxygens (including phenoxy) is 1. The minimum absolute atomic E-state index is 0.0920. The first-order valence-electron chi connectivity index (χ1n) is 8.72. The van der Waals surface area contributed by atoms with E-state index < -0.39 is 0 Å². The maximum atomic E-state index is 12.2. The summed E-state index contributed by atoms with van der Waals surface area (Å²) in [6.45, 7) is 2.95. The van der Waals surface area contributed by atoms with Crippen LogP contribution >= 0.6 is 0 Å². The number of methoxy groups -OCH3 is 1. The van der Waals surface area contributed by atoms with Crippen LogP contribution in [0.1, 0.15) is 17.5 Å². The van der Waals surface area contributed by atoms with Crippen LogP contribution in [0.15, 0.2) is 60.7 Å². The molecule has 3 rings (SSSR count). The number of benzene rings is 2. The largest absolute Gasteiger partial charge is 0.497 e. The summed E-state index contributed by atoms with van der Waals surface area (Å²) in [5, 5.41) is 3.00. The quantitative estimate of drug-likeness (QED) is 0.842. The second kappa shape index (κ2) is 8.49. The van der Waals surface area contributed by atoms with Gasteiger partial charge in [0.1, 0.15) is 5.75 Å². The van der Waals surface area contributed by atoms with Crippen molar-refractivity contribution in [3.63, 3.8) is 0 Å². The molecule has 2 aromatic carbocycles. The van der Waals surface area contributed by atoms with Crippen molar-refractivity contribution in [2.24, 2.45) is 0 Å². The molecule has 0 radical (unpaired) electrons. The van der Waals surface area contributed by atoms with Gasteiger partial charge in [0.05, 0.1) is 20.2 Å². The Bertz CT molecular complexity index is 741. The van der Waals surface area contributed by atoms with Gasteiger partial charge in [-0.1, -0.05) is 42.5 Å². The smallest absolute Gasteiger partial charge is 0.275 e. The molecule has 2 N–H and O–H groups in total. The molecule has 4 nitrogen and oxygen atoms in total. The first kappa shape index (κ1) is 17.2. The predicted molar refractivity (Wildman–Crippen MR) is 99.4 cm³/mol. The molecular weight excluding hydrogens is 312 g/mol. The number of amides is 1. The highest BCUT2D eigenvalue weighted by atomic mass is 16.5. The number of hydrogen-bond acceptors (Lipinski definition) is 2. The monoisotopic (exact) mass is 337 g/mol. The minimum atomic E-state index is 0.0920. The summed E-state index contributed by atoms with van der Waals surface area (Å²) < 4.78 is 5.21. The number of carbonyl (C=O) groups is 1. The van der Waals surface area contributed by atoms with Crippen molar-refractivity contribution >= 4 is 11.5 Å². The lowest BCUT2D eigenvalue weighted by molar-refractivity contribution is -0.886. The first-order valence-corrected chi connectivity index (χ1v) is 8.72. The third kappa shape index (κ3) is 4.94. The van der Waals surface area contributed by atoms with Crippen molar-refractivity contribution in [3.8, 4) is 5.75 Å². The molecule has 2 aromatic rings. The second-order valence-corrected chi connectivity index (χ2v) is 6.35. The zero-order chi connectivity index (χ0) is 17.5. The first-order chi connectivity index (χ1) is 12.2. The molecule has 1 heterocycles. The van der Waals surface area contributed by atoms with Crippen molar-refractivity contribution in [2.75, 3.05) is 26.7 Å². The number of quaternary nitrogens is 1. The molecule has 0 spiro atoms. The van der Waals surface area contributed by atoms with Gasteiger partial charge in [0.2, 0.25) is 0 Å². The maximum Gasteiger partial charge on any atom is 0.275 e. The van der Waals surface area contributed by atoms with Gasteiger partial charge in [-0.25, -0.2) is 0 Å². The summed E-state index contributed by atoms with van der Waals surface area (Å²) in [5.74, 6) is 0.904. The Morgan fingerprint density at radius 2 is 2.00 bits per heavy atom. The van der Waals surface area contributed by atoms with Crippen LogP contribution in [-0.2, 0) is 11.3 Å². The molecule has 0 fully saturated rings. The van der Waals surface area contributed by atoms with E-state index in [1.165, 1.54) is 16.0 Å². The standard InChI is InChI=1S/C21H24N2O2/c1-25-20-9-5-6-17(14-20)15-22-21(24)16-23-12-10-19(11-13-23)18-7-3-2-4-8-18/h2-10,14H,11-13,15-16H2,1H3,(H,22,24)/p+1. The van der Waals surface area contributed by atoms with E-state index in [0.29, 0.717) is 13.1 Å². The highest BCUT2D eigenvalue weighted by Gasteiger charge is 2.18. The van der Waals surface area contributed by atoms with Gasteiger partial charge in [0.25, 0.3) is 5.91 Å². The van der Waals surface area contributed by atoms with Gasteiger partial charge in [-0.05, 0) is 34.9 Å². The fourth-order valence-corrected chi connectivity index (χ4v) is 3.13. The normalized spacial score (nSPS) is 16.8. The number of nitrogens with one attached hydrogen (secondary N) is 2. The van der Waals surface area contributed by atoms with Gasteiger partial charge in [-0.3, -0.25) is 4.79 Å².